The Morgan fingerprint density at radius 3 is 2.58 bits per heavy atom. The average molecular weight is 355 g/mol. The molecule has 0 unspecified atom stereocenters. The van der Waals surface area contributed by atoms with Gasteiger partial charge >= 0.3 is 5.97 Å². The highest BCUT2D eigenvalue weighted by Crippen LogP contribution is 2.25. The smallest absolute Gasteiger partial charge is 0.344 e. The van der Waals surface area contributed by atoms with Gasteiger partial charge in [-0.3, -0.25) is 4.79 Å². The van der Waals surface area contributed by atoms with Crippen molar-refractivity contribution in [2.45, 2.75) is 33.2 Å². The van der Waals surface area contributed by atoms with E-state index in [2.05, 4.69) is 16.5 Å². The zero-order valence-electron chi connectivity index (χ0n) is 15.2. The van der Waals surface area contributed by atoms with Crippen molar-refractivity contribution in [1.29, 1.82) is 5.26 Å². The molecule has 7 heteroatoms. The molecule has 0 saturated heterocycles. The van der Waals surface area contributed by atoms with Crippen LogP contribution in [0.1, 0.15) is 36.9 Å². The highest BCUT2D eigenvalue weighted by atomic mass is 16.5. The van der Waals surface area contributed by atoms with Gasteiger partial charge in [-0.15, -0.1) is 0 Å². The van der Waals surface area contributed by atoms with Crippen LogP contribution in [0, 0.1) is 24.2 Å². The van der Waals surface area contributed by atoms with Gasteiger partial charge in [-0.25, -0.2) is 4.79 Å². The molecular weight excluding hydrogens is 334 g/mol. The van der Waals surface area contributed by atoms with E-state index in [1.54, 1.807) is 26.0 Å². The average Bonchev–Trinajstić information content (AvgIpc) is 3.01. The lowest BCUT2D eigenvalue weighted by molar-refractivity contribution is -0.125. The Morgan fingerprint density at radius 2 is 2.00 bits per heavy atom. The predicted octanol–water partition coefficient (Wildman–Crippen LogP) is 2.86. The lowest BCUT2D eigenvalue weighted by atomic mass is 9.90. The fourth-order valence-electron chi connectivity index (χ4n) is 2.24. The number of ether oxygens (including phenoxy) is 1. The molecule has 0 aliphatic carbocycles. The van der Waals surface area contributed by atoms with Gasteiger partial charge in [0, 0.05) is 5.56 Å². The number of hydrogen-bond donors (Lipinski definition) is 1. The van der Waals surface area contributed by atoms with Gasteiger partial charge in [0.25, 0.3) is 5.91 Å². The summed E-state index contributed by atoms with van der Waals surface area (Å²) in [7, 11) is 0. The molecule has 136 valence electrons. The SMILES string of the molecule is Cc1onc(-c2ccccc2)c1C(=O)OCC(=O)N[C@@](C)(C#N)C(C)C. The van der Waals surface area contributed by atoms with Gasteiger partial charge in [0.15, 0.2) is 6.61 Å². The Balaban J connectivity index is 2.09. The molecule has 1 amide bonds. The van der Waals surface area contributed by atoms with Gasteiger partial charge < -0.3 is 14.6 Å². The summed E-state index contributed by atoms with van der Waals surface area (Å²) in [5, 5.41) is 15.7. The van der Waals surface area contributed by atoms with Crippen LogP contribution >= 0.6 is 0 Å². The van der Waals surface area contributed by atoms with Crippen LogP contribution in [0.4, 0.5) is 0 Å². The maximum absolute atomic E-state index is 12.4. The number of nitrogens with one attached hydrogen (secondary N) is 1. The minimum absolute atomic E-state index is 0.0999. The standard InChI is InChI=1S/C19H21N3O4/c1-12(2)19(4,11-20)21-15(23)10-25-18(24)16-13(3)26-22-17(16)14-8-6-5-7-9-14/h5-9,12H,10H2,1-4H3,(H,21,23)/t19-/m0/s1. The van der Waals surface area contributed by atoms with Crippen LogP contribution in [-0.2, 0) is 9.53 Å². The van der Waals surface area contributed by atoms with Crippen LogP contribution < -0.4 is 5.32 Å². The van der Waals surface area contributed by atoms with Crippen molar-refractivity contribution in [3.05, 3.63) is 41.7 Å². The zero-order chi connectivity index (χ0) is 19.3. The molecule has 0 fully saturated rings. The summed E-state index contributed by atoms with van der Waals surface area (Å²) in [5.74, 6) is -1.05. The molecule has 1 aromatic carbocycles. The first-order chi connectivity index (χ1) is 12.3. The molecule has 1 N–H and O–H groups in total. The highest BCUT2D eigenvalue weighted by molar-refractivity contribution is 5.98. The largest absolute Gasteiger partial charge is 0.452 e. The van der Waals surface area contributed by atoms with Crippen molar-refractivity contribution in [2.75, 3.05) is 6.61 Å². The minimum atomic E-state index is -1.04. The normalized spacial score (nSPS) is 12.9. The van der Waals surface area contributed by atoms with Crippen molar-refractivity contribution in [2.24, 2.45) is 5.92 Å². The third-order valence-corrected chi connectivity index (χ3v) is 4.23. The molecule has 0 spiro atoms. The van der Waals surface area contributed by atoms with Gasteiger partial charge in [0.1, 0.15) is 22.6 Å². The number of carbonyl (C=O) groups excluding carboxylic acids is 2. The second kappa shape index (κ2) is 7.83. The van der Waals surface area contributed by atoms with Crippen molar-refractivity contribution in [1.82, 2.24) is 10.5 Å². The molecule has 0 radical (unpaired) electrons. The van der Waals surface area contributed by atoms with Gasteiger partial charge in [-0.05, 0) is 19.8 Å². The highest BCUT2D eigenvalue weighted by Gasteiger charge is 2.31. The third-order valence-electron chi connectivity index (χ3n) is 4.23. The van der Waals surface area contributed by atoms with E-state index in [0.29, 0.717) is 17.0 Å². The number of amides is 1. The summed E-state index contributed by atoms with van der Waals surface area (Å²) in [6, 6.07) is 11.1. The van der Waals surface area contributed by atoms with E-state index in [4.69, 9.17) is 9.26 Å². The topological polar surface area (TPSA) is 105 Å². The quantitative estimate of drug-likeness (QED) is 0.799. The van der Waals surface area contributed by atoms with Crippen LogP contribution in [-0.4, -0.2) is 29.2 Å². The summed E-state index contributed by atoms with van der Waals surface area (Å²) < 4.78 is 10.2. The van der Waals surface area contributed by atoms with Gasteiger partial charge in [-0.1, -0.05) is 49.3 Å². The van der Waals surface area contributed by atoms with E-state index in [1.807, 2.05) is 32.0 Å². The number of carbonyl (C=O) groups is 2. The maximum atomic E-state index is 12.4. The fraction of sp³-hybridized carbons (Fsp3) is 0.368. The molecule has 26 heavy (non-hydrogen) atoms. The van der Waals surface area contributed by atoms with Crippen LogP contribution in [0.3, 0.4) is 0 Å². The van der Waals surface area contributed by atoms with Gasteiger partial charge in [0.2, 0.25) is 0 Å². The Bertz CT molecular complexity index is 836. The number of esters is 1. The monoisotopic (exact) mass is 355 g/mol. The van der Waals surface area contributed by atoms with Crippen LogP contribution in [0.15, 0.2) is 34.9 Å². The number of rotatable bonds is 6. The van der Waals surface area contributed by atoms with E-state index >= 15 is 0 Å². The zero-order valence-corrected chi connectivity index (χ0v) is 15.2. The minimum Gasteiger partial charge on any atom is -0.452 e. The van der Waals surface area contributed by atoms with Gasteiger partial charge in [-0.2, -0.15) is 5.26 Å². The summed E-state index contributed by atoms with van der Waals surface area (Å²) in [6.45, 7) is 6.36. The molecule has 0 bridgehead atoms. The molecule has 2 rings (SSSR count). The Labute approximate surface area is 151 Å². The lowest BCUT2D eigenvalue weighted by Crippen LogP contribution is -2.50. The number of hydrogen-bond acceptors (Lipinski definition) is 6. The predicted molar refractivity (Wildman–Crippen MR) is 94.0 cm³/mol. The molecule has 0 aliphatic rings. The Hall–Kier alpha value is -3.14. The number of nitriles is 1. The molecule has 1 aromatic heterocycles. The van der Waals surface area contributed by atoms with E-state index in [0.717, 1.165) is 0 Å². The summed E-state index contributed by atoms with van der Waals surface area (Å²) in [5.41, 5.74) is 0.206. The van der Waals surface area contributed by atoms with Crippen molar-refractivity contribution in [3.8, 4) is 17.3 Å². The number of aryl methyl sites for hydroxylation is 1. The summed E-state index contributed by atoms with van der Waals surface area (Å²) >= 11 is 0. The van der Waals surface area contributed by atoms with Crippen molar-refractivity contribution >= 4 is 11.9 Å². The second-order valence-electron chi connectivity index (χ2n) is 6.42. The lowest BCUT2D eigenvalue weighted by Gasteiger charge is -2.27. The fourth-order valence-corrected chi connectivity index (χ4v) is 2.24. The first kappa shape index (κ1) is 19.2. The van der Waals surface area contributed by atoms with Gasteiger partial charge in [0.05, 0.1) is 6.07 Å². The van der Waals surface area contributed by atoms with E-state index in [1.165, 1.54) is 0 Å². The Kier molecular flexibility index (Phi) is 5.78. The van der Waals surface area contributed by atoms with E-state index in [-0.39, 0.29) is 11.5 Å². The van der Waals surface area contributed by atoms with Crippen LogP contribution in [0.2, 0.25) is 0 Å². The molecule has 0 saturated carbocycles. The molecule has 0 aliphatic heterocycles. The molecule has 1 heterocycles. The molecule has 1 atom stereocenters. The van der Waals surface area contributed by atoms with Crippen molar-refractivity contribution < 1.29 is 18.8 Å². The third kappa shape index (κ3) is 4.09. The maximum Gasteiger partial charge on any atom is 0.344 e. The van der Waals surface area contributed by atoms with Crippen LogP contribution in [0.25, 0.3) is 11.3 Å². The number of aromatic nitrogens is 1. The molecular formula is C19H21N3O4. The first-order valence-corrected chi connectivity index (χ1v) is 8.19. The van der Waals surface area contributed by atoms with Crippen LogP contribution in [0.5, 0.6) is 0 Å². The Morgan fingerprint density at radius 1 is 1.35 bits per heavy atom. The number of nitrogens with zero attached hydrogens (tertiary/aromatic N) is 2. The summed E-state index contributed by atoms with van der Waals surface area (Å²) in [6.07, 6.45) is 0. The van der Waals surface area contributed by atoms with E-state index in [9.17, 15) is 14.9 Å². The molecule has 7 nitrogen and oxygen atoms in total. The first-order valence-electron chi connectivity index (χ1n) is 8.19. The summed E-state index contributed by atoms with van der Waals surface area (Å²) in [4.78, 5) is 24.5. The molecule has 2 aromatic rings. The van der Waals surface area contributed by atoms with E-state index < -0.39 is 24.0 Å². The second-order valence-corrected chi connectivity index (χ2v) is 6.42. The number of benzene rings is 1. The van der Waals surface area contributed by atoms with Crippen molar-refractivity contribution in [3.63, 3.8) is 0 Å².